The first-order chi connectivity index (χ1) is 8.24. The highest BCUT2D eigenvalue weighted by Gasteiger charge is 2.01. The van der Waals surface area contributed by atoms with Crippen LogP contribution in [-0.4, -0.2) is 33.3 Å². The number of nitrogens with zero attached hydrogens (tertiary/aromatic N) is 4. The Labute approximate surface area is 101 Å². The number of likely N-dealkylation sites (N-methyl/N-ethyl adjacent to an activating group) is 1. The van der Waals surface area contributed by atoms with E-state index in [0.717, 1.165) is 19.6 Å². The summed E-state index contributed by atoms with van der Waals surface area (Å²) in [6.45, 7) is 2.65. The molecule has 0 spiro atoms. The van der Waals surface area contributed by atoms with Gasteiger partial charge < -0.3 is 10.6 Å². The predicted molar refractivity (Wildman–Crippen MR) is 67.2 cm³/mol. The zero-order valence-electron chi connectivity index (χ0n) is 9.95. The highest BCUT2D eigenvalue weighted by atomic mass is 15.4. The number of aromatic nitrogens is 3. The average Bonchev–Trinajstić information content (AvgIpc) is 2.74. The van der Waals surface area contributed by atoms with Crippen LogP contribution in [0.15, 0.2) is 36.7 Å². The third kappa shape index (κ3) is 3.57. The fourth-order valence-corrected chi connectivity index (χ4v) is 1.66. The molecule has 1 heterocycles. The lowest BCUT2D eigenvalue weighted by Crippen LogP contribution is -2.23. The van der Waals surface area contributed by atoms with Crippen molar-refractivity contribution in [3.63, 3.8) is 0 Å². The van der Waals surface area contributed by atoms with Crippen molar-refractivity contribution in [1.29, 1.82) is 0 Å². The fraction of sp³-hybridized carbons (Fsp3) is 0.333. The third-order valence-electron chi connectivity index (χ3n) is 2.56. The van der Waals surface area contributed by atoms with Gasteiger partial charge in [0, 0.05) is 13.1 Å². The van der Waals surface area contributed by atoms with Crippen LogP contribution in [0.2, 0.25) is 0 Å². The molecule has 0 saturated carbocycles. The van der Waals surface area contributed by atoms with Gasteiger partial charge in [-0.25, -0.2) is 9.67 Å². The molecule has 0 aliphatic carbocycles. The molecule has 1 aromatic heterocycles. The lowest BCUT2D eigenvalue weighted by molar-refractivity contribution is 0.305. The number of hydrogen-bond acceptors (Lipinski definition) is 4. The van der Waals surface area contributed by atoms with Crippen LogP contribution >= 0.6 is 0 Å². The van der Waals surface area contributed by atoms with Gasteiger partial charge in [-0.15, -0.1) is 5.10 Å². The second-order valence-corrected chi connectivity index (χ2v) is 4.09. The Morgan fingerprint density at radius 2 is 2.06 bits per heavy atom. The van der Waals surface area contributed by atoms with Crippen molar-refractivity contribution in [2.75, 3.05) is 19.3 Å². The molecule has 0 radical (unpaired) electrons. The molecule has 0 unspecified atom stereocenters. The van der Waals surface area contributed by atoms with Gasteiger partial charge >= 0.3 is 0 Å². The molecule has 17 heavy (non-hydrogen) atoms. The first kappa shape index (κ1) is 11.6. The van der Waals surface area contributed by atoms with Gasteiger partial charge in [0.15, 0.2) is 0 Å². The number of hydrogen-bond donors (Lipinski definition) is 1. The van der Waals surface area contributed by atoms with E-state index in [1.807, 2.05) is 6.07 Å². The molecule has 0 amide bonds. The topological polar surface area (TPSA) is 60.0 Å². The van der Waals surface area contributed by atoms with E-state index >= 15 is 0 Å². The molecule has 5 nitrogen and oxygen atoms in total. The average molecular weight is 231 g/mol. The van der Waals surface area contributed by atoms with Gasteiger partial charge in [-0.1, -0.05) is 30.3 Å². The van der Waals surface area contributed by atoms with E-state index in [1.54, 1.807) is 11.0 Å². The van der Waals surface area contributed by atoms with Gasteiger partial charge in [0.1, 0.15) is 6.33 Å². The molecule has 0 atom stereocenters. The van der Waals surface area contributed by atoms with Crippen LogP contribution in [0.3, 0.4) is 0 Å². The van der Waals surface area contributed by atoms with Crippen molar-refractivity contribution in [3.8, 4) is 0 Å². The second-order valence-electron chi connectivity index (χ2n) is 4.09. The SMILES string of the molecule is CN(CCn1cnc(N)n1)Cc1ccccc1. The maximum absolute atomic E-state index is 5.45. The summed E-state index contributed by atoms with van der Waals surface area (Å²) < 4.78 is 1.76. The molecular weight excluding hydrogens is 214 g/mol. The van der Waals surface area contributed by atoms with Gasteiger partial charge in [-0.3, -0.25) is 0 Å². The van der Waals surface area contributed by atoms with E-state index in [1.165, 1.54) is 5.56 Å². The standard InChI is InChI=1S/C12H17N5/c1-16(9-11-5-3-2-4-6-11)7-8-17-10-14-12(13)15-17/h2-6,10H,7-9H2,1H3,(H2,13,15). The van der Waals surface area contributed by atoms with Crippen LogP contribution in [0.25, 0.3) is 0 Å². The summed E-state index contributed by atoms with van der Waals surface area (Å²) in [6.07, 6.45) is 1.66. The molecular formula is C12H17N5. The number of anilines is 1. The third-order valence-corrected chi connectivity index (χ3v) is 2.56. The Balaban J connectivity index is 1.80. The van der Waals surface area contributed by atoms with Crippen LogP contribution in [0.5, 0.6) is 0 Å². The summed E-state index contributed by atoms with van der Waals surface area (Å²) in [5, 5.41) is 4.05. The second kappa shape index (κ2) is 5.45. The lowest BCUT2D eigenvalue weighted by Gasteiger charge is -2.16. The maximum Gasteiger partial charge on any atom is 0.239 e. The van der Waals surface area contributed by atoms with E-state index in [9.17, 15) is 0 Å². The summed E-state index contributed by atoms with van der Waals surface area (Å²) in [5.41, 5.74) is 6.76. The Kier molecular flexibility index (Phi) is 3.72. The van der Waals surface area contributed by atoms with Crippen LogP contribution in [-0.2, 0) is 13.1 Å². The molecule has 0 fully saturated rings. The fourth-order valence-electron chi connectivity index (χ4n) is 1.66. The Morgan fingerprint density at radius 1 is 1.29 bits per heavy atom. The molecule has 2 rings (SSSR count). The van der Waals surface area contributed by atoms with E-state index in [0.29, 0.717) is 5.95 Å². The number of nitrogens with two attached hydrogens (primary N) is 1. The Morgan fingerprint density at radius 3 is 2.71 bits per heavy atom. The molecule has 0 aliphatic heterocycles. The summed E-state index contributed by atoms with van der Waals surface area (Å²) in [7, 11) is 2.09. The minimum atomic E-state index is 0.329. The number of nitrogen functional groups attached to an aromatic ring is 1. The Bertz CT molecular complexity index is 451. The molecule has 0 aliphatic rings. The van der Waals surface area contributed by atoms with E-state index in [4.69, 9.17) is 5.73 Å². The smallest absolute Gasteiger partial charge is 0.239 e. The largest absolute Gasteiger partial charge is 0.367 e. The van der Waals surface area contributed by atoms with Gasteiger partial charge in [0.05, 0.1) is 6.54 Å². The predicted octanol–water partition coefficient (Wildman–Crippen LogP) is 0.992. The zero-order valence-corrected chi connectivity index (χ0v) is 9.95. The van der Waals surface area contributed by atoms with Crippen molar-refractivity contribution in [2.45, 2.75) is 13.1 Å². The molecule has 2 N–H and O–H groups in total. The first-order valence-electron chi connectivity index (χ1n) is 5.61. The monoisotopic (exact) mass is 231 g/mol. The van der Waals surface area contributed by atoms with Crippen molar-refractivity contribution < 1.29 is 0 Å². The van der Waals surface area contributed by atoms with Gasteiger partial charge in [0.2, 0.25) is 5.95 Å². The number of rotatable bonds is 5. The zero-order chi connectivity index (χ0) is 12.1. The highest BCUT2D eigenvalue weighted by Crippen LogP contribution is 2.02. The summed E-state index contributed by atoms with van der Waals surface area (Å²) in [4.78, 5) is 6.13. The minimum absolute atomic E-state index is 0.329. The first-order valence-corrected chi connectivity index (χ1v) is 5.61. The molecule has 0 bridgehead atoms. The Hall–Kier alpha value is -1.88. The highest BCUT2D eigenvalue weighted by molar-refractivity contribution is 5.14. The summed E-state index contributed by atoms with van der Waals surface area (Å²) >= 11 is 0. The lowest BCUT2D eigenvalue weighted by atomic mass is 10.2. The molecule has 90 valence electrons. The van der Waals surface area contributed by atoms with E-state index in [-0.39, 0.29) is 0 Å². The molecule has 1 aromatic carbocycles. The van der Waals surface area contributed by atoms with Crippen molar-refractivity contribution in [2.24, 2.45) is 0 Å². The minimum Gasteiger partial charge on any atom is -0.367 e. The van der Waals surface area contributed by atoms with Crippen molar-refractivity contribution >= 4 is 5.95 Å². The van der Waals surface area contributed by atoms with Crippen LogP contribution in [0.4, 0.5) is 5.95 Å². The van der Waals surface area contributed by atoms with Crippen molar-refractivity contribution in [3.05, 3.63) is 42.2 Å². The van der Waals surface area contributed by atoms with Gasteiger partial charge in [-0.2, -0.15) is 0 Å². The van der Waals surface area contributed by atoms with E-state index < -0.39 is 0 Å². The number of benzene rings is 1. The quantitative estimate of drug-likeness (QED) is 0.833. The van der Waals surface area contributed by atoms with Crippen LogP contribution < -0.4 is 5.73 Å². The maximum atomic E-state index is 5.45. The van der Waals surface area contributed by atoms with Crippen molar-refractivity contribution in [1.82, 2.24) is 19.7 Å². The molecule has 5 heteroatoms. The molecule has 0 saturated heterocycles. The summed E-state index contributed by atoms with van der Waals surface area (Å²) in [5.74, 6) is 0.329. The van der Waals surface area contributed by atoms with Gasteiger partial charge in [-0.05, 0) is 12.6 Å². The van der Waals surface area contributed by atoms with E-state index in [2.05, 4.69) is 46.3 Å². The van der Waals surface area contributed by atoms with Gasteiger partial charge in [0.25, 0.3) is 0 Å². The molecule has 2 aromatic rings. The van der Waals surface area contributed by atoms with Crippen LogP contribution in [0, 0.1) is 0 Å². The summed E-state index contributed by atoms with van der Waals surface area (Å²) in [6, 6.07) is 10.4. The van der Waals surface area contributed by atoms with Crippen LogP contribution in [0.1, 0.15) is 5.56 Å². The normalized spacial score (nSPS) is 10.9.